The lowest BCUT2D eigenvalue weighted by molar-refractivity contribution is 0.161. The summed E-state index contributed by atoms with van der Waals surface area (Å²) in [7, 11) is 2.24. The van der Waals surface area contributed by atoms with Crippen LogP contribution >= 0.6 is 0 Å². The first-order valence-electron chi connectivity index (χ1n) is 6.24. The third-order valence-electron chi connectivity index (χ3n) is 3.64. The van der Waals surface area contributed by atoms with Gasteiger partial charge in [0.05, 0.1) is 0 Å². The Morgan fingerprint density at radius 1 is 1.20 bits per heavy atom. The molecule has 1 N–H and O–H groups in total. The zero-order chi connectivity index (χ0) is 11.3. The van der Waals surface area contributed by atoms with Crippen molar-refractivity contribution in [3.63, 3.8) is 0 Å². The Hall–Kier alpha value is -0.120. The van der Waals surface area contributed by atoms with E-state index in [1.807, 2.05) is 0 Å². The van der Waals surface area contributed by atoms with Crippen LogP contribution in [0.15, 0.2) is 0 Å². The van der Waals surface area contributed by atoms with Crippen molar-refractivity contribution in [3.05, 3.63) is 0 Å². The largest absolute Gasteiger partial charge is 0.314 e. The summed E-state index contributed by atoms with van der Waals surface area (Å²) in [5.41, 5.74) is 0. The van der Waals surface area contributed by atoms with Crippen LogP contribution in [0.1, 0.15) is 20.8 Å². The summed E-state index contributed by atoms with van der Waals surface area (Å²) >= 11 is 0. The van der Waals surface area contributed by atoms with E-state index in [4.69, 9.17) is 0 Å². The normalized spacial score (nSPS) is 21.2. The standard InChI is InChI=1S/C12H27N3/c1-11(2)12(3)14(4)9-10-15-7-5-13-6-8-15/h11-13H,5-10H2,1-4H3. The van der Waals surface area contributed by atoms with Gasteiger partial charge in [-0.2, -0.15) is 0 Å². The highest BCUT2D eigenvalue weighted by Crippen LogP contribution is 2.07. The lowest BCUT2D eigenvalue weighted by Crippen LogP contribution is -2.47. The lowest BCUT2D eigenvalue weighted by Gasteiger charge is -2.32. The molecule has 90 valence electrons. The molecule has 1 unspecified atom stereocenters. The van der Waals surface area contributed by atoms with E-state index in [2.05, 4.69) is 42.9 Å². The molecule has 0 aromatic carbocycles. The molecule has 0 amide bonds. The van der Waals surface area contributed by atoms with Crippen LogP contribution in [0.25, 0.3) is 0 Å². The third-order valence-corrected chi connectivity index (χ3v) is 3.64. The summed E-state index contributed by atoms with van der Waals surface area (Å²) in [6, 6.07) is 0.688. The first-order valence-corrected chi connectivity index (χ1v) is 6.24. The lowest BCUT2D eigenvalue weighted by atomic mass is 10.1. The van der Waals surface area contributed by atoms with Gasteiger partial charge in [0.1, 0.15) is 0 Å². The molecule has 0 aliphatic carbocycles. The summed E-state index contributed by atoms with van der Waals surface area (Å²) in [4.78, 5) is 5.03. The van der Waals surface area contributed by atoms with Crippen molar-refractivity contribution in [3.8, 4) is 0 Å². The monoisotopic (exact) mass is 213 g/mol. The molecule has 3 heteroatoms. The van der Waals surface area contributed by atoms with Crippen LogP contribution in [0.4, 0.5) is 0 Å². The summed E-state index contributed by atoms with van der Waals surface area (Å²) in [5.74, 6) is 0.748. The second kappa shape index (κ2) is 6.46. The average molecular weight is 213 g/mol. The van der Waals surface area contributed by atoms with Crippen molar-refractivity contribution >= 4 is 0 Å². The zero-order valence-corrected chi connectivity index (χ0v) is 10.8. The van der Waals surface area contributed by atoms with Gasteiger partial charge in [0.15, 0.2) is 0 Å². The van der Waals surface area contributed by atoms with Gasteiger partial charge < -0.3 is 10.2 Å². The number of piperazine rings is 1. The molecule has 1 rings (SSSR count). The molecule has 1 atom stereocenters. The average Bonchev–Trinajstić information content (AvgIpc) is 2.26. The van der Waals surface area contributed by atoms with E-state index in [0.717, 1.165) is 19.0 Å². The van der Waals surface area contributed by atoms with Gasteiger partial charge in [-0.05, 0) is 19.9 Å². The highest BCUT2D eigenvalue weighted by atomic mass is 15.2. The molecule has 15 heavy (non-hydrogen) atoms. The Morgan fingerprint density at radius 3 is 2.33 bits per heavy atom. The van der Waals surface area contributed by atoms with Gasteiger partial charge in [-0.25, -0.2) is 0 Å². The minimum absolute atomic E-state index is 0.688. The van der Waals surface area contributed by atoms with Gasteiger partial charge in [-0.1, -0.05) is 13.8 Å². The molecule has 0 bridgehead atoms. The smallest absolute Gasteiger partial charge is 0.0110 e. The second-order valence-electron chi connectivity index (χ2n) is 5.06. The van der Waals surface area contributed by atoms with Gasteiger partial charge in [-0.15, -0.1) is 0 Å². The molecule has 1 fully saturated rings. The van der Waals surface area contributed by atoms with Crippen molar-refractivity contribution < 1.29 is 0 Å². The molecule has 0 radical (unpaired) electrons. The van der Waals surface area contributed by atoms with Crippen molar-refractivity contribution in [1.29, 1.82) is 0 Å². The summed E-state index contributed by atoms with van der Waals surface area (Å²) in [6.45, 7) is 14.1. The van der Waals surface area contributed by atoms with Crippen LogP contribution in [-0.2, 0) is 0 Å². The summed E-state index contributed by atoms with van der Waals surface area (Å²) < 4.78 is 0. The number of nitrogens with one attached hydrogen (secondary N) is 1. The number of likely N-dealkylation sites (N-methyl/N-ethyl adjacent to an activating group) is 1. The highest BCUT2D eigenvalue weighted by molar-refractivity contribution is 4.71. The highest BCUT2D eigenvalue weighted by Gasteiger charge is 2.15. The maximum absolute atomic E-state index is 3.39. The Kier molecular flexibility index (Phi) is 5.58. The molecule has 0 aromatic rings. The molecule has 1 aliphatic rings. The molecule has 1 aliphatic heterocycles. The first-order chi connectivity index (χ1) is 7.11. The van der Waals surface area contributed by atoms with E-state index in [-0.39, 0.29) is 0 Å². The Balaban J connectivity index is 2.17. The van der Waals surface area contributed by atoms with E-state index < -0.39 is 0 Å². The van der Waals surface area contributed by atoms with Crippen LogP contribution in [0.3, 0.4) is 0 Å². The summed E-state index contributed by atoms with van der Waals surface area (Å²) in [6.07, 6.45) is 0. The maximum atomic E-state index is 3.39. The quantitative estimate of drug-likeness (QED) is 0.731. The van der Waals surface area contributed by atoms with Gasteiger partial charge >= 0.3 is 0 Å². The first kappa shape index (κ1) is 12.9. The van der Waals surface area contributed by atoms with Crippen molar-refractivity contribution in [2.75, 3.05) is 46.3 Å². The van der Waals surface area contributed by atoms with Crippen LogP contribution < -0.4 is 5.32 Å². The van der Waals surface area contributed by atoms with E-state index in [9.17, 15) is 0 Å². The van der Waals surface area contributed by atoms with E-state index in [1.54, 1.807) is 0 Å². The minimum atomic E-state index is 0.688. The van der Waals surface area contributed by atoms with Gasteiger partial charge in [-0.3, -0.25) is 4.90 Å². The van der Waals surface area contributed by atoms with Crippen molar-refractivity contribution in [1.82, 2.24) is 15.1 Å². The van der Waals surface area contributed by atoms with E-state index in [1.165, 1.54) is 26.2 Å². The van der Waals surface area contributed by atoms with Crippen LogP contribution in [0, 0.1) is 5.92 Å². The van der Waals surface area contributed by atoms with Gasteiger partial charge in [0.2, 0.25) is 0 Å². The van der Waals surface area contributed by atoms with Gasteiger partial charge in [0, 0.05) is 45.3 Å². The number of nitrogens with zero attached hydrogens (tertiary/aromatic N) is 2. The number of hydrogen-bond acceptors (Lipinski definition) is 3. The SMILES string of the molecule is CC(C)C(C)N(C)CCN1CCNCC1. The predicted molar refractivity (Wildman–Crippen MR) is 66.2 cm³/mol. The molecular weight excluding hydrogens is 186 g/mol. The van der Waals surface area contributed by atoms with Crippen LogP contribution in [0.5, 0.6) is 0 Å². The fourth-order valence-corrected chi connectivity index (χ4v) is 1.95. The molecule has 0 aromatic heterocycles. The fraction of sp³-hybridized carbons (Fsp3) is 1.00. The topological polar surface area (TPSA) is 18.5 Å². The number of rotatable bonds is 5. The third kappa shape index (κ3) is 4.49. The van der Waals surface area contributed by atoms with Gasteiger partial charge in [0.25, 0.3) is 0 Å². The van der Waals surface area contributed by atoms with Crippen molar-refractivity contribution in [2.45, 2.75) is 26.8 Å². The van der Waals surface area contributed by atoms with Crippen LogP contribution in [0.2, 0.25) is 0 Å². The predicted octanol–water partition coefficient (Wildman–Crippen LogP) is 0.868. The minimum Gasteiger partial charge on any atom is -0.314 e. The van der Waals surface area contributed by atoms with Crippen LogP contribution in [-0.4, -0.2) is 62.2 Å². The molecule has 0 spiro atoms. The molecule has 3 nitrogen and oxygen atoms in total. The van der Waals surface area contributed by atoms with E-state index >= 15 is 0 Å². The molecular formula is C12H27N3. The molecule has 1 heterocycles. The van der Waals surface area contributed by atoms with Crippen molar-refractivity contribution in [2.24, 2.45) is 5.92 Å². The second-order valence-corrected chi connectivity index (χ2v) is 5.06. The fourth-order valence-electron chi connectivity index (χ4n) is 1.95. The zero-order valence-electron chi connectivity index (χ0n) is 10.8. The Labute approximate surface area is 94.8 Å². The Morgan fingerprint density at radius 2 is 1.80 bits per heavy atom. The Bertz CT molecular complexity index is 164. The maximum Gasteiger partial charge on any atom is 0.0110 e. The molecule has 1 saturated heterocycles. The number of hydrogen-bond donors (Lipinski definition) is 1. The molecule has 0 saturated carbocycles. The van der Waals surface area contributed by atoms with E-state index in [0.29, 0.717) is 6.04 Å². The summed E-state index contributed by atoms with van der Waals surface area (Å²) in [5, 5.41) is 3.39.